The predicted octanol–water partition coefficient (Wildman–Crippen LogP) is 2.24. The second kappa shape index (κ2) is 8.16. The third-order valence-corrected chi connectivity index (χ3v) is 4.90. The number of aromatic nitrogens is 2. The summed E-state index contributed by atoms with van der Waals surface area (Å²) in [6.45, 7) is 0.926. The molecule has 7 heteroatoms. The molecule has 0 saturated heterocycles. The van der Waals surface area contributed by atoms with E-state index in [4.69, 9.17) is 0 Å². The highest BCUT2D eigenvalue weighted by atomic mass is 16.2. The molecule has 3 rings (SSSR count). The van der Waals surface area contributed by atoms with Crippen LogP contribution in [0.1, 0.15) is 52.1 Å². The lowest BCUT2D eigenvalue weighted by Crippen LogP contribution is -2.30. The molecule has 1 aliphatic heterocycles. The Balaban J connectivity index is 1.38. The van der Waals surface area contributed by atoms with E-state index in [1.165, 1.54) is 4.90 Å². The van der Waals surface area contributed by atoms with Crippen molar-refractivity contribution in [2.45, 2.75) is 32.2 Å². The Morgan fingerprint density at radius 2 is 1.70 bits per heavy atom. The molecule has 142 valence electrons. The lowest BCUT2D eigenvalue weighted by atomic mass is 10.1. The number of rotatable bonds is 8. The van der Waals surface area contributed by atoms with Crippen LogP contribution in [0.2, 0.25) is 0 Å². The number of benzene rings is 1. The first-order valence-corrected chi connectivity index (χ1v) is 9.15. The van der Waals surface area contributed by atoms with Crippen molar-refractivity contribution in [3.63, 3.8) is 0 Å². The topological polar surface area (TPSA) is 75.5 Å². The Bertz CT molecular complexity index is 823. The minimum absolute atomic E-state index is 0.0805. The van der Waals surface area contributed by atoms with Gasteiger partial charge in [-0.2, -0.15) is 5.10 Å². The molecule has 0 atom stereocenters. The van der Waals surface area contributed by atoms with Crippen LogP contribution < -0.4 is 0 Å². The predicted molar refractivity (Wildman–Crippen MR) is 100.0 cm³/mol. The zero-order valence-corrected chi connectivity index (χ0v) is 15.7. The number of carbonyl (C=O) groups excluding carboxylic acids is 3. The average Bonchev–Trinajstić information content (AvgIpc) is 3.17. The molecule has 0 N–H and O–H groups in total. The van der Waals surface area contributed by atoms with Gasteiger partial charge in [0.05, 0.1) is 23.4 Å². The molecule has 2 aromatic rings. The molecule has 0 unspecified atom stereocenters. The maximum Gasteiger partial charge on any atom is 0.261 e. The van der Waals surface area contributed by atoms with Gasteiger partial charge in [-0.15, -0.1) is 0 Å². The summed E-state index contributed by atoms with van der Waals surface area (Å²) in [5.41, 5.74) is 1.94. The summed E-state index contributed by atoms with van der Waals surface area (Å²) in [6.07, 6.45) is 4.39. The van der Waals surface area contributed by atoms with E-state index in [0.717, 1.165) is 18.5 Å². The highest BCUT2D eigenvalue weighted by Gasteiger charge is 2.34. The Hall–Kier alpha value is -2.96. The van der Waals surface area contributed by atoms with Crippen LogP contribution in [0, 0.1) is 0 Å². The Morgan fingerprint density at radius 3 is 2.30 bits per heavy atom. The number of aryl methyl sites for hydroxylation is 1. The fourth-order valence-electron chi connectivity index (χ4n) is 3.24. The highest BCUT2D eigenvalue weighted by Crippen LogP contribution is 2.22. The minimum atomic E-state index is -0.220. The molecule has 0 fully saturated rings. The van der Waals surface area contributed by atoms with Gasteiger partial charge in [0.15, 0.2) is 0 Å². The van der Waals surface area contributed by atoms with Gasteiger partial charge in [-0.1, -0.05) is 18.6 Å². The van der Waals surface area contributed by atoms with Gasteiger partial charge in [0.2, 0.25) is 5.91 Å². The second-order valence-electron chi connectivity index (χ2n) is 6.81. The fraction of sp³-hybridized carbons (Fsp3) is 0.400. The largest absolute Gasteiger partial charge is 0.340 e. The summed E-state index contributed by atoms with van der Waals surface area (Å²) in [4.78, 5) is 39.8. The SMILES string of the molecule is CN(Cc1ccnn1C)C(=O)CCCCCN1C(=O)c2ccccc2C1=O. The monoisotopic (exact) mass is 368 g/mol. The smallest absolute Gasteiger partial charge is 0.261 e. The molecule has 1 aromatic carbocycles. The van der Waals surface area contributed by atoms with E-state index in [1.54, 1.807) is 47.1 Å². The van der Waals surface area contributed by atoms with Crippen molar-refractivity contribution in [1.29, 1.82) is 0 Å². The number of hydrogen-bond donors (Lipinski definition) is 0. The molecular weight excluding hydrogens is 344 g/mol. The van der Waals surface area contributed by atoms with E-state index in [-0.39, 0.29) is 17.7 Å². The molecule has 27 heavy (non-hydrogen) atoms. The van der Waals surface area contributed by atoms with Gasteiger partial charge in [-0.3, -0.25) is 24.0 Å². The Labute approximate surface area is 158 Å². The standard InChI is InChI=1S/C20H24N4O3/c1-22(14-15-11-12-21-23(15)2)18(25)10-4-3-7-13-24-19(26)16-8-5-6-9-17(16)20(24)27/h5-6,8-9,11-12H,3-4,7,10,13-14H2,1-2H3. The average molecular weight is 368 g/mol. The van der Waals surface area contributed by atoms with Gasteiger partial charge in [0, 0.05) is 33.3 Å². The summed E-state index contributed by atoms with van der Waals surface area (Å²) in [5.74, 6) is -0.359. The van der Waals surface area contributed by atoms with Crippen LogP contribution in [0.15, 0.2) is 36.5 Å². The van der Waals surface area contributed by atoms with Crippen LogP contribution in [0.4, 0.5) is 0 Å². The summed E-state index contributed by atoms with van der Waals surface area (Å²) in [7, 11) is 3.64. The maximum absolute atomic E-state index is 12.3. The lowest BCUT2D eigenvalue weighted by Gasteiger charge is -2.17. The second-order valence-corrected chi connectivity index (χ2v) is 6.81. The minimum Gasteiger partial charge on any atom is -0.340 e. The lowest BCUT2D eigenvalue weighted by molar-refractivity contribution is -0.130. The quantitative estimate of drug-likeness (QED) is 0.529. The maximum atomic E-state index is 12.3. The molecule has 3 amide bonds. The molecule has 1 aliphatic rings. The van der Waals surface area contributed by atoms with Gasteiger partial charge in [0.25, 0.3) is 11.8 Å². The molecule has 0 aliphatic carbocycles. The summed E-state index contributed by atoms with van der Waals surface area (Å²) < 4.78 is 1.76. The first-order valence-electron chi connectivity index (χ1n) is 9.15. The Kier molecular flexibility index (Phi) is 5.69. The summed E-state index contributed by atoms with van der Waals surface area (Å²) in [5, 5.41) is 4.10. The third kappa shape index (κ3) is 4.07. The molecule has 7 nitrogen and oxygen atoms in total. The number of nitrogens with zero attached hydrogens (tertiary/aromatic N) is 4. The number of hydrogen-bond acceptors (Lipinski definition) is 4. The normalized spacial score (nSPS) is 13.2. The van der Waals surface area contributed by atoms with Crippen molar-refractivity contribution in [3.05, 3.63) is 53.3 Å². The molecule has 2 heterocycles. The fourth-order valence-corrected chi connectivity index (χ4v) is 3.24. The van der Waals surface area contributed by atoms with E-state index in [1.807, 2.05) is 13.1 Å². The molecule has 0 radical (unpaired) electrons. The number of amides is 3. The van der Waals surface area contributed by atoms with E-state index < -0.39 is 0 Å². The van der Waals surface area contributed by atoms with Gasteiger partial charge in [0.1, 0.15) is 0 Å². The van der Waals surface area contributed by atoms with Crippen molar-refractivity contribution in [2.24, 2.45) is 7.05 Å². The van der Waals surface area contributed by atoms with Gasteiger partial charge >= 0.3 is 0 Å². The zero-order chi connectivity index (χ0) is 19.4. The molecule has 0 saturated carbocycles. The number of carbonyl (C=O) groups is 3. The molecule has 0 spiro atoms. The van der Waals surface area contributed by atoms with Gasteiger partial charge < -0.3 is 4.90 Å². The van der Waals surface area contributed by atoms with Gasteiger partial charge in [-0.05, 0) is 31.0 Å². The van der Waals surface area contributed by atoms with E-state index in [9.17, 15) is 14.4 Å². The summed E-state index contributed by atoms with van der Waals surface area (Å²) >= 11 is 0. The van der Waals surface area contributed by atoms with Crippen LogP contribution in [0.25, 0.3) is 0 Å². The number of fused-ring (bicyclic) bond motifs is 1. The first kappa shape index (κ1) is 18.8. The highest BCUT2D eigenvalue weighted by molar-refractivity contribution is 6.21. The van der Waals surface area contributed by atoms with E-state index in [2.05, 4.69) is 5.10 Å². The van der Waals surface area contributed by atoms with Crippen LogP contribution in [0.5, 0.6) is 0 Å². The van der Waals surface area contributed by atoms with Gasteiger partial charge in [-0.25, -0.2) is 0 Å². The molecular formula is C20H24N4O3. The van der Waals surface area contributed by atoms with Crippen LogP contribution in [-0.2, 0) is 18.4 Å². The summed E-state index contributed by atoms with van der Waals surface area (Å²) in [6, 6.07) is 8.80. The van der Waals surface area contributed by atoms with Crippen LogP contribution >= 0.6 is 0 Å². The Morgan fingerprint density at radius 1 is 1.04 bits per heavy atom. The first-order chi connectivity index (χ1) is 13.0. The van der Waals surface area contributed by atoms with Crippen molar-refractivity contribution in [2.75, 3.05) is 13.6 Å². The molecule has 1 aromatic heterocycles. The van der Waals surface area contributed by atoms with Crippen molar-refractivity contribution < 1.29 is 14.4 Å². The zero-order valence-electron chi connectivity index (χ0n) is 15.7. The van der Waals surface area contributed by atoms with Crippen molar-refractivity contribution >= 4 is 17.7 Å². The van der Waals surface area contributed by atoms with Crippen LogP contribution in [0.3, 0.4) is 0 Å². The molecule has 0 bridgehead atoms. The van der Waals surface area contributed by atoms with Crippen molar-refractivity contribution in [1.82, 2.24) is 19.6 Å². The van der Waals surface area contributed by atoms with E-state index in [0.29, 0.717) is 37.1 Å². The third-order valence-electron chi connectivity index (χ3n) is 4.90. The van der Waals surface area contributed by atoms with Crippen LogP contribution in [-0.4, -0.2) is 50.9 Å². The number of imide groups is 1. The van der Waals surface area contributed by atoms with E-state index >= 15 is 0 Å². The van der Waals surface area contributed by atoms with Crippen molar-refractivity contribution in [3.8, 4) is 0 Å². The number of unbranched alkanes of at least 4 members (excludes halogenated alkanes) is 2.